The summed E-state index contributed by atoms with van der Waals surface area (Å²) < 4.78 is 5.46. The highest BCUT2D eigenvalue weighted by Gasteiger charge is 2.34. The van der Waals surface area contributed by atoms with E-state index in [1.54, 1.807) is 7.11 Å². The van der Waals surface area contributed by atoms with Crippen molar-refractivity contribution in [2.75, 3.05) is 7.11 Å². The van der Waals surface area contributed by atoms with Gasteiger partial charge in [-0.1, -0.05) is 26.6 Å². The molecule has 2 unspecified atom stereocenters. The molecule has 0 saturated heterocycles. The lowest BCUT2D eigenvalue weighted by Gasteiger charge is -2.26. The zero-order valence-corrected chi connectivity index (χ0v) is 17.5. The average Bonchev–Trinajstić information content (AvgIpc) is 2.94. The number of aliphatic hydroxyl groups is 1. The van der Waals surface area contributed by atoms with Gasteiger partial charge in [-0.05, 0) is 85.1 Å². The number of methoxy groups -OCH3 is 1. The molecule has 130 valence electrons. The quantitative estimate of drug-likeness (QED) is 0.571. The van der Waals surface area contributed by atoms with Crippen molar-refractivity contribution in [3.8, 4) is 5.75 Å². The van der Waals surface area contributed by atoms with Crippen LogP contribution in [0.25, 0.3) is 0 Å². The summed E-state index contributed by atoms with van der Waals surface area (Å²) in [6.45, 7) is 4.41. The van der Waals surface area contributed by atoms with Crippen LogP contribution in [-0.4, -0.2) is 18.3 Å². The van der Waals surface area contributed by atoms with Crippen molar-refractivity contribution < 1.29 is 9.84 Å². The first-order valence-corrected chi connectivity index (χ1v) is 11.9. The summed E-state index contributed by atoms with van der Waals surface area (Å²) in [7, 11) is 3.59. The normalized spacial score (nSPS) is 23.7. The first kappa shape index (κ1) is 18.3. The molecule has 1 aromatic rings. The Morgan fingerprint density at radius 3 is 2.75 bits per heavy atom. The van der Waals surface area contributed by atoms with E-state index in [4.69, 9.17) is 4.74 Å². The zero-order chi connectivity index (χ0) is 17.3. The lowest BCUT2D eigenvalue weighted by Crippen LogP contribution is -2.10. The number of hydrogen-bond donors (Lipinski definition) is 1. The molecule has 1 saturated carbocycles. The number of halogens is 1. The van der Waals surface area contributed by atoms with E-state index >= 15 is 0 Å². The molecule has 0 aliphatic heterocycles. The Balaban J connectivity index is 1.87. The SMILES string of the molecule is COc1cccc(CCC2=C3CC(O)CC3CC(SI)=C2C)c1C. The van der Waals surface area contributed by atoms with Gasteiger partial charge in [-0.25, -0.2) is 0 Å². The van der Waals surface area contributed by atoms with Crippen molar-refractivity contribution in [3.63, 3.8) is 0 Å². The first-order chi connectivity index (χ1) is 11.5. The summed E-state index contributed by atoms with van der Waals surface area (Å²) in [5.74, 6) is 1.53. The molecule has 1 fully saturated rings. The Morgan fingerprint density at radius 1 is 1.25 bits per heavy atom. The predicted octanol–water partition coefficient (Wildman–Crippen LogP) is 5.76. The molecular weight excluding hydrogens is 431 g/mol. The molecular formula is C20H25IO2S. The number of fused-ring (bicyclic) bond motifs is 1. The summed E-state index contributed by atoms with van der Waals surface area (Å²) in [5.41, 5.74) is 7.09. The van der Waals surface area contributed by atoms with E-state index in [-0.39, 0.29) is 6.10 Å². The Labute approximate surface area is 161 Å². The third-order valence-electron chi connectivity index (χ3n) is 5.55. The van der Waals surface area contributed by atoms with Crippen LogP contribution in [0.15, 0.2) is 39.8 Å². The number of benzene rings is 1. The Morgan fingerprint density at radius 2 is 2.04 bits per heavy atom. The molecule has 1 aromatic carbocycles. The fourth-order valence-corrected chi connectivity index (χ4v) is 6.22. The second-order valence-corrected chi connectivity index (χ2v) is 8.84. The highest BCUT2D eigenvalue weighted by molar-refractivity contribution is 14.2. The first-order valence-electron chi connectivity index (χ1n) is 8.56. The van der Waals surface area contributed by atoms with Crippen molar-refractivity contribution in [1.82, 2.24) is 0 Å². The zero-order valence-electron chi connectivity index (χ0n) is 14.6. The molecule has 2 aliphatic carbocycles. The lowest BCUT2D eigenvalue weighted by atomic mass is 9.82. The van der Waals surface area contributed by atoms with Crippen molar-refractivity contribution in [2.24, 2.45) is 5.92 Å². The van der Waals surface area contributed by atoms with Gasteiger partial charge in [0, 0.05) is 21.2 Å². The van der Waals surface area contributed by atoms with Crippen LogP contribution in [0.4, 0.5) is 0 Å². The average molecular weight is 456 g/mol. The van der Waals surface area contributed by atoms with Gasteiger partial charge in [0.05, 0.1) is 13.2 Å². The second kappa shape index (κ2) is 7.83. The fourth-order valence-electron chi connectivity index (χ4n) is 4.19. The molecule has 4 heteroatoms. The van der Waals surface area contributed by atoms with E-state index in [2.05, 4.69) is 47.2 Å². The monoisotopic (exact) mass is 456 g/mol. The van der Waals surface area contributed by atoms with Gasteiger partial charge in [0.1, 0.15) is 5.75 Å². The van der Waals surface area contributed by atoms with E-state index in [0.29, 0.717) is 5.92 Å². The van der Waals surface area contributed by atoms with E-state index < -0.39 is 0 Å². The summed E-state index contributed by atoms with van der Waals surface area (Å²) in [6, 6.07) is 6.32. The van der Waals surface area contributed by atoms with Crippen LogP contribution < -0.4 is 4.74 Å². The minimum Gasteiger partial charge on any atom is -0.496 e. The fraction of sp³-hybridized carbons (Fsp3) is 0.500. The summed E-state index contributed by atoms with van der Waals surface area (Å²) in [6.07, 6.45) is 4.86. The van der Waals surface area contributed by atoms with Crippen molar-refractivity contribution in [1.29, 1.82) is 0 Å². The van der Waals surface area contributed by atoms with Crippen LogP contribution in [-0.2, 0) is 6.42 Å². The third kappa shape index (κ3) is 3.56. The maximum absolute atomic E-state index is 10.1. The molecule has 0 radical (unpaired) electrons. The molecule has 2 atom stereocenters. The number of aliphatic hydroxyl groups excluding tert-OH is 1. The van der Waals surface area contributed by atoms with E-state index in [1.807, 2.05) is 15.0 Å². The molecule has 0 heterocycles. The van der Waals surface area contributed by atoms with Gasteiger partial charge >= 0.3 is 0 Å². The molecule has 3 rings (SSSR count). The maximum Gasteiger partial charge on any atom is 0.122 e. The Hall–Kier alpha value is -0.460. The van der Waals surface area contributed by atoms with Gasteiger partial charge in [-0.15, -0.1) is 0 Å². The standard InChI is InChI=1S/C20H25IO2S/c1-12-14(5-4-6-19(12)23-3)7-8-17-13(2)20(24-21)10-15-9-16(22)11-18(15)17/h4-6,15-16,22H,7-11H2,1-3H3. The molecule has 0 aromatic heterocycles. The highest BCUT2D eigenvalue weighted by Crippen LogP contribution is 2.49. The molecule has 2 nitrogen and oxygen atoms in total. The van der Waals surface area contributed by atoms with E-state index in [1.165, 1.54) is 32.8 Å². The van der Waals surface area contributed by atoms with Crippen LogP contribution in [0.1, 0.15) is 43.7 Å². The minimum atomic E-state index is -0.148. The third-order valence-corrected chi connectivity index (χ3v) is 7.80. The number of aryl methyl sites for hydroxylation is 1. The second-order valence-electron chi connectivity index (χ2n) is 6.87. The highest BCUT2D eigenvalue weighted by atomic mass is 127. The molecule has 1 N–H and O–H groups in total. The summed E-state index contributed by atoms with van der Waals surface area (Å²) in [5, 5.41) is 10.1. The molecule has 0 bridgehead atoms. The van der Waals surface area contributed by atoms with Crippen LogP contribution in [0, 0.1) is 12.8 Å². The van der Waals surface area contributed by atoms with Gasteiger partial charge in [0.2, 0.25) is 0 Å². The molecule has 0 spiro atoms. The van der Waals surface area contributed by atoms with Gasteiger partial charge in [-0.2, -0.15) is 0 Å². The number of allylic oxidation sites excluding steroid dienone is 3. The summed E-state index contributed by atoms with van der Waals surface area (Å²) in [4.78, 5) is 1.50. The number of rotatable bonds is 5. The Bertz CT molecular complexity index is 693. The largest absolute Gasteiger partial charge is 0.496 e. The van der Waals surface area contributed by atoms with Crippen molar-refractivity contribution in [2.45, 2.75) is 52.1 Å². The Kier molecular flexibility index (Phi) is 5.98. The molecule has 2 aliphatic rings. The van der Waals surface area contributed by atoms with E-state index in [0.717, 1.165) is 37.9 Å². The van der Waals surface area contributed by atoms with Gasteiger partial charge in [0.25, 0.3) is 0 Å². The van der Waals surface area contributed by atoms with Gasteiger partial charge < -0.3 is 9.84 Å². The van der Waals surface area contributed by atoms with Crippen LogP contribution in [0.2, 0.25) is 0 Å². The van der Waals surface area contributed by atoms with Gasteiger partial charge in [0.15, 0.2) is 0 Å². The molecule has 0 amide bonds. The van der Waals surface area contributed by atoms with Crippen molar-refractivity contribution in [3.05, 3.63) is 51.0 Å². The smallest absolute Gasteiger partial charge is 0.122 e. The lowest BCUT2D eigenvalue weighted by molar-refractivity contribution is 0.179. The van der Waals surface area contributed by atoms with E-state index in [9.17, 15) is 5.11 Å². The van der Waals surface area contributed by atoms with Crippen LogP contribution in [0.3, 0.4) is 0 Å². The minimum absolute atomic E-state index is 0.148. The maximum atomic E-state index is 10.1. The number of hydrogen-bond acceptors (Lipinski definition) is 3. The molecule has 24 heavy (non-hydrogen) atoms. The predicted molar refractivity (Wildman–Crippen MR) is 111 cm³/mol. The van der Waals surface area contributed by atoms with Crippen LogP contribution in [0.5, 0.6) is 5.75 Å². The topological polar surface area (TPSA) is 29.5 Å². The van der Waals surface area contributed by atoms with Crippen LogP contribution >= 0.6 is 30.1 Å². The van der Waals surface area contributed by atoms with Crippen molar-refractivity contribution >= 4 is 30.1 Å². The van der Waals surface area contributed by atoms with Gasteiger partial charge in [-0.3, -0.25) is 0 Å². The number of ether oxygens (including phenoxy) is 1. The summed E-state index contributed by atoms with van der Waals surface area (Å²) >= 11 is 2.40.